The zero-order valence-electron chi connectivity index (χ0n) is 12.9. The summed E-state index contributed by atoms with van der Waals surface area (Å²) in [6, 6.07) is 5.90. The Bertz CT molecular complexity index is 496. The van der Waals surface area contributed by atoms with E-state index in [1.165, 1.54) is 32.1 Å². The molecule has 0 bridgehead atoms. The number of hydrogen-bond acceptors (Lipinski definition) is 3. The topological polar surface area (TPSA) is 44.5 Å². The molecule has 114 valence electrons. The molecule has 21 heavy (non-hydrogen) atoms. The van der Waals surface area contributed by atoms with Crippen LogP contribution in [0.2, 0.25) is 0 Å². The van der Waals surface area contributed by atoms with Crippen molar-refractivity contribution in [2.45, 2.75) is 38.7 Å². The second-order valence-electron chi connectivity index (χ2n) is 5.55. The first-order valence-electron chi connectivity index (χ1n) is 7.77. The lowest BCUT2D eigenvalue weighted by molar-refractivity contribution is 0.0737. The molecule has 0 aromatic heterocycles. The summed E-state index contributed by atoms with van der Waals surface area (Å²) in [5, 5.41) is 0. The Morgan fingerprint density at radius 2 is 2.05 bits per heavy atom. The minimum Gasteiger partial charge on any atom is -0.497 e. The van der Waals surface area contributed by atoms with Gasteiger partial charge in [-0.1, -0.05) is 31.1 Å². The second kappa shape index (κ2) is 8.71. The zero-order chi connectivity index (χ0) is 14.9. The molecule has 1 aromatic rings. The van der Waals surface area contributed by atoms with E-state index < -0.39 is 0 Å². The Balaban J connectivity index is 1.95. The van der Waals surface area contributed by atoms with Crippen molar-refractivity contribution in [1.82, 2.24) is 0 Å². The molecule has 0 amide bonds. The Labute approximate surface area is 127 Å². The zero-order valence-corrected chi connectivity index (χ0v) is 12.9. The van der Waals surface area contributed by atoms with Crippen molar-refractivity contribution in [3.05, 3.63) is 29.3 Å². The lowest BCUT2D eigenvalue weighted by Crippen LogP contribution is -2.13. The van der Waals surface area contributed by atoms with Gasteiger partial charge in [-0.25, -0.2) is 0 Å². The average molecular weight is 287 g/mol. The molecule has 0 saturated heterocycles. The van der Waals surface area contributed by atoms with Crippen LogP contribution in [0, 0.1) is 17.8 Å². The Morgan fingerprint density at radius 1 is 1.24 bits per heavy atom. The molecule has 0 unspecified atom stereocenters. The summed E-state index contributed by atoms with van der Waals surface area (Å²) in [6.07, 6.45) is 6.68. The van der Waals surface area contributed by atoms with Crippen molar-refractivity contribution in [2.24, 2.45) is 11.7 Å². The molecule has 2 N–H and O–H groups in total. The molecule has 1 fully saturated rings. The molecular formula is C18H25NO2. The van der Waals surface area contributed by atoms with E-state index in [0.29, 0.717) is 13.2 Å². The van der Waals surface area contributed by atoms with Crippen LogP contribution >= 0.6 is 0 Å². The molecular weight excluding hydrogens is 262 g/mol. The molecule has 1 aliphatic rings. The van der Waals surface area contributed by atoms with E-state index >= 15 is 0 Å². The number of hydrogen-bond donors (Lipinski definition) is 1. The molecule has 3 heteroatoms. The molecule has 2 rings (SSSR count). The molecule has 0 aliphatic heterocycles. The van der Waals surface area contributed by atoms with Crippen molar-refractivity contribution < 1.29 is 9.47 Å². The number of rotatable bonds is 5. The summed E-state index contributed by atoms with van der Waals surface area (Å²) in [6.45, 7) is 1.80. The van der Waals surface area contributed by atoms with Gasteiger partial charge in [0, 0.05) is 12.2 Å². The highest BCUT2D eigenvalue weighted by molar-refractivity contribution is 5.45. The van der Waals surface area contributed by atoms with Crippen LogP contribution in [0.5, 0.6) is 5.75 Å². The van der Waals surface area contributed by atoms with Gasteiger partial charge in [-0.2, -0.15) is 0 Å². The third kappa shape index (κ3) is 5.08. The molecule has 3 nitrogen and oxygen atoms in total. The molecule has 0 heterocycles. The highest BCUT2D eigenvalue weighted by Crippen LogP contribution is 2.24. The monoisotopic (exact) mass is 287 g/mol. The maximum absolute atomic E-state index is 5.92. The highest BCUT2D eigenvalue weighted by atomic mass is 16.5. The van der Waals surface area contributed by atoms with E-state index in [1.807, 2.05) is 18.2 Å². The van der Waals surface area contributed by atoms with E-state index in [0.717, 1.165) is 29.4 Å². The van der Waals surface area contributed by atoms with E-state index in [2.05, 4.69) is 11.8 Å². The van der Waals surface area contributed by atoms with Crippen LogP contribution in [0.3, 0.4) is 0 Å². The fourth-order valence-electron chi connectivity index (χ4n) is 2.77. The third-order valence-corrected chi connectivity index (χ3v) is 3.97. The van der Waals surface area contributed by atoms with Crippen LogP contribution in [0.1, 0.15) is 43.2 Å². The molecule has 1 aliphatic carbocycles. The fraction of sp³-hybridized carbons (Fsp3) is 0.556. The third-order valence-electron chi connectivity index (χ3n) is 3.97. The van der Waals surface area contributed by atoms with Gasteiger partial charge in [0.25, 0.3) is 0 Å². The van der Waals surface area contributed by atoms with Crippen molar-refractivity contribution >= 4 is 0 Å². The van der Waals surface area contributed by atoms with Gasteiger partial charge in [-0.05, 0) is 42.5 Å². The Kier molecular flexibility index (Phi) is 6.59. The van der Waals surface area contributed by atoms with Crippen molar-refractivity contribution in [2.75, 3.05) is 20.3 Å². The van der Waals surface area contributed by atoms with Crippen LogP contribution in [0.15, 0.2) is 18.2 Å². The lowest BCUT2D eigenvalue weighted by atomic mass is 9.90. The average Bonchev–Trinajstić information content (AvgIpc) is 2.54. The van der Waals surface area contributed by atoms with Crippen LogP contribution in [-0.2, 0) is 11.3 Å². The van der Waals surface area contributed by atoms with Gasteiger partial charge in [0.05, 0.1) is 20.3 Å². The number of methoxy groups -OCH3 is 1. The highest BCUT2D eigenvalue weighted by Gasteiger charge is 2.13. The van der Waals surface area contributed by atoms with E-state index in [1.54, 1.807) is 7.11 Å². The van der Waals surface area contributed by atoms with Crippen LogP contribution in [0.25, 0.3) is 0 Å². The van der Waals surface area contributed by atoms with E-state index in [9.17, 15) is 0 Å². The van der Waals surface area contributed by atoms with Gasteiger partial charge in [-0.3, -0.25) is 0 Å². The summed E-state index contributed by atoms with van der Waals surface area (Å²) < 4.78 is 11.2. The van der Waals surface area contributed by atoms with Gasteiger partial charge in [0.1, 0.15) is 5.75 Å². The second-order valence-corrected chi connectivity index (χ2v) is 5.55. The summed E-state index contributed by atoms with van der Waals surface area (Å²) in [7, 11) is 1.67. The smallest absolute Gasteiger partial charge is 0.119 e. The van der Waals surface area contributed by atoms with Crippen molar-refractivity contribution in [3.8, 4) is 17.6 Å². The largest absolute Gasteiger partial charge is 0.497 e. The maximum atomic E-state index is 5.92. The van der Waals surface area contributed by atoms with Crippen LogP contribution in [-0.4, -0.2) is 20.3 Å². The van der Waals surface area contributed by atoms with Gasteiger partial charge >= 0.3 is 0 Å². The van der Waals surface area contributed by atoms with E-state index in [-0.39, 0.29) is 0 Å². The minimum absolute atomic E-state index is 0.369. The van der Waals surface area contributed by atoms with E-state index in [4.69, 9.17) is 15.2 Å². The van der Waals surface area contributed by atoms with Gasteiger partial charge in [0.2, 0.25) is 0 Å². The van der Waals surface area contributed by atoms with Crippen molar-refractivity contribution in [1.29, 1.82) is 0 Å². The van der Waals surface area contributed by atoms with Gasteiger partial charge < -0.3 is 15.2 Å². The fourth-order valence-corrected chi connectivity index (χ4v) is 2.77. The first kappa shape index (κ1) is 15.9. The summed E-state index contributed by atoms with van der Waals surface area (Å²) in [4.78, 5) is 0. The van der Waals surface area contributed by atoms with Gasteiger partial charge in [-0.15, -0.1) is 0 Å². The predicted molar refractivity (Wildman–Crippen MR) is 85.2 cm³/mol. The summed E-state index contributed by atoms with van der Waals surface area (Å²) in [5.74, 6) is 7.57. The SMILES string of the molecule is COc1ccc(C#CCN)c(COCC2CCCCC2)c1. The molecule has 0 spiro atoms. The van der Waals surface area contributed by atoms with Crippen LogP contribution in [0.4, 0.5) is 0 Å². The number of ether oxygens (including phenoxy) is 2. The number of benzene rings is 1. The molecule has 0 atom stereocenters. The number of nitrogens with two attached hydrogens (primary N) is 1. The predicted octanol–water partition coefficient (Wildman–Crippen LogP) is 3.10. The minimum atomic E-state index is 0.369. The molecule has 0 radical (unpaired) electrons. The summed E-state index contributed by atoms with van der Waals surface area (Å²) in [5.41, 5.74) is 7.50. The van der Waals surface area contributed by atoms with Crippen molar-refractivity contribution in [3.63, 3.8) is 0 Å². The van der Waals surface area contributed by atoms with Gasteiger partial charge in [0.15, 0.2) is 0 Å². The standard InChI is InChI=1S/C18H25NO2/c1-20-18-10-9-16(8-5-11-19)17(12-18)14-21-13-15-6-3-2-4-7-15/h9-10,12,15H,2-4,6-7,11,13-14,19H2,1H3. The quantitative estimate of drug-likeness (QED) is 0.846. The Hall–Kier alpha value is -1.50. The molecule has 1 saturated carbocycles. The normalized spacial score (nSPS) is 15.3. The first-order chi connectivity index (χ1) is 10.3. The molecule has 1 aromatic carbocycles. The Morgan fingerprint density at radius 3 is 2.76 bits per heavy atom. The maximum Gasteiger partial charge on any atom is 0.119 e. The summed E-state index contributed by atoms with van der Waals surface area (Å²) >= 11 is 0. The van der Waals surface area contributed by atoms with Crippen LogP contribution < -0.4 is 10.5 Å². The first-order valence-corrected chi connectivity index (χ1v) is 7.77. The lowest BCUT2D eigenvalue weighted by Gasteiger charge is -2.21.